The van der Waals surface area contributed by atoms with Crippen LogP contribution in [0.3, 0.4) is 0 Å². The maximum absolute atomic E-state index is 12.1. The first-order chi connectivity index (χ1) is 13.5. The molecule has 1 atom stereocenters. The van der Waals surface area contributed by atoms with Gasteiger partial charge in [-0.2, -0.15) is 5.26 Å². The molecule has 2 rings (SSSR count). The van der Waals surface area contributed by atoms with Crippen molar-refractivity contribution >= 4 is 17.6 Å². The van der Waals surface area contributed by atoms with Crippen molar-refractivity contribution in [3.8, 4) is 17.6 Å². The van der Waals surface area contributed by atoms with Crippen molar-refractivity contribution in [1.29, 1.82) is 5.26 Å². The number of anilines is 1. The highest BCUT2D eigenvalue weighted by Crippen LogP contribution is 2.28. The highest BCUT2D eigenvalue weighted by Gasteiger charge is 2.18. The van der Waals surface area contributed by atoms with Gasteiger partial charge in [0.1, 0.15) is 0 Å². The van der Waals surface area contributed by atoms with E-state index in [2.05, 4.69) is 5.32 Å². The van der Waals surface area contributed by atoms with Crippen LogP contribution in [0.2, 0.25) is 0 Å². The Morgan fingerprint density at radius 2 is 1.75 bits per heavy atom. The summed E-state index contributed by atoms with van der Waals surface area (Å²) in [7, 11) is 3.10. The van der Waals surface area contributed by atoms with E-state index < -0.39 is 18.0 Å². The summed E-state index contributed by atoms with van der Waals surface area (Å²) in [5.41, 5.74) is 1.91. The monoisotopic (exact) mass is 382 g/mol. The molecule has 0 saturated carbocycles. The van der Waals surface area contributed by atoms with E-state index in [9.17, 15) is 9.59 Å². The third-order valence-electron chi connectivity index (χ3n) is 4.02. The molecule has 0 unspecified atom stereocenters. The van der Waals surface area contributed by atoms with Crippen molar-refractivity contribution in [2.24, 2.45) is 0 Å². The highest BCUT2D eigenvalue weighted by atomic mass is 16.5. The predicted molar refractivity (Wildman–Crippen MR) is 103 cm³/mol. The van der Waals surface area contributed by atoms with E-state index in [0.717, 1.165) is 5.56 Å². The second-order valence-corrected chi connectivity index (χ2v) is 6.00. The summed E-state index contributed by atoms with van der Waals surface area (Å²) in [4.78, 5) is 24.2. The van der Waals surface area contributed by atoms with E-state index in [1.165, 1.54) is 6.92 Å². The molecule has 146 valence electrons. The zero-order chi connectivity index (χ0) is 20.5. The van der Waals surface area contributed by atoms with E-state index in [-0.39, 0.29) is 6.42 Å². The maximum atomic E-state index is 12.1. The molecule has 2 aromatic carbocycles. The Balaban J connectivity index is 1.84. The minimum Gasteiger partial charge on any atom is -0.493 e. The van der Waals surface area contributed by atoms with Crippen LogP contribution >= 0.6 is 0 Å². The second kappa shape index (κ2) is 9.97. The fourth-order valence-electron chi connectivity index (χ4n) is 2.46. The minimum absolute atomic E-state index is 0.129. The molecule has 0 bridgehead atoms. The normalized spacial score (nSPS) is 11.1. The number of ether oxygens (including phenoxy) is 3. The first kappa shape index (κ1) is 20.8. The molecule has 7 heteroatoms. The van der Waals surface area contributed by atoms with E-state index in [4.69, 9.17) is 19.5 Å². The van der Waals surface area contributed by atoms with Crippen LogP contribution < -0.4 is 14.8 Å². The van der Waals surface area contributed by atoms with E-state index in [1.54, 1.807) is 50.6 Å². The summed E-state index contributed by atoms with van der Waals surface area (Å²) in [6.45, 7) is 1.51. The molecule has 0 aliphatic carbocycles. The molecule has 7 nitrogen and oxygen atoms in total. The SMILES string of the molecule is COc1ccc(CCC(=O)O[C@@H](C)C(=O)Nc2ccc(C#N)cc2)cc1OC. The fourth-order valence-corrected chi connectivity index (χ4v) is 2.46. The number of aryl methyl sites for hydroxylation is 1. The van der Waals surface area contributed by atoms with Crippen molar-refractivity contribution in [3.63, 3.8) is 0 Å². The van der Waals surface area contributed by atoms with Crippen molar-refractivity contribution in [3.05, 3.63) is 53.6 Å². The van der Waals surface area contributed by atoms with Gasteiger partial charge in [0.15, 0.2) is 17.6 Å². The van der Waals surface area contributed by atoms with Gasteiger partial charge in [-0.25, -0.2) is 0 Å². The number of nitrogens with zero attached hydrogens (tertiary/aromatic N) is 1. The van der Waals surface area contributed by atoms with Crippen LogP contribution in [0.1, 0.15) is 24.5 Å². The van der Waals surface area contributed by atoms with Crippen LogP contribution in [0.25, 0.3) is 0 Å². The predicted octanol–water partition coefficient (Wildman–Crippen LogP) is 3.08. The number of benzene rings is 2. The number of hydrogen-bond acceptors (Lipinski definition) is 6. The van der Waals surface area contributed by atoms with Gasteiger partial charge < -0.3 is 19.5 Å². The van der Waals surface area contributed by atoms with Crippen LogP contribution in [0.15, 0.2) is 42.5 Å². The second-order valence-electron chi connectivity index (χ2n) is 6.00. The molecule has 2 aromatic rings. The van der Waals surface area contributed by atoms with Crippen molar-refractivity contribution < 1.29 is 23.8 Å². The number of rotatable bonds is 8. The first-order valence-electron chi connectivity index (χ1n) is 8.68. The lowest BCUT2D eigenvalue weighted by molar-refractivity contribution is -0.153. The van der Waals surface area contributed by atoms with Gasteiger partial charge in [-0.3, -0.25) is 9.59 Å². The lowest BCUT2D eigenvalue weighted by Gasteiger charge is -2.14. The van der Waals surface area contributed by atoms with Crippen molar-refractivity contribution in [2.45, 2.75) is 25.9 Å². The van der Waals surface area contributed by atoms with Gasteiger partial charge in [0.25, 0.3) is 5.91 Å². The summed E-state index contributed by atoms with van der Waals surface area (Å²) in [6.07, 6.45) is -0.360. The Morgan fingerprint density at radius 1 is 1.07 bits per heavy atom. The fraction of sp³-hybridized carbons (Fsp3) is 0.286. The third-order valence-corrected chi connectivity index (χ3v) is 4.02. The Labute approximate surface area is 163 Å². The molecule has 0 saturated heterocycles. The molecule has 0 heterocycles. The number of amides is 1. The molecule has 28 heavy (non-hydrogen) atoms. The largest absolute Gasteiger partial charge is 0.493 e. The van der Waals surface area contributed by atoms with Gasteiger partial charge >= 0.3 is 5.97 Å². The van der Waals surface area contributed by atoms with Gasteiger partial charge in [0.2, 0.25) is 0 Å². The Kier molecular flexibility index (Phi) is 7.40. The van der Waals surface area contributed by atoms with Gasteiger partial charge in [0, 0.05) is 12.1 Å². The average Bonchev–Trinajstić information content (AvgIpc) is 2.72. The van der Waals surface area contributed by atoms with Gasteiger partial charge in [-0.15, -0.1) is 0 Å². The molecular weight excluding hydrogens is 360 g/mol. The smallest absolute Gasteiger partial charge is 0.306 e. The van der Waals surface area contributed by atoms with Crippen LogP contribution in [0, 0.1) is 11.3 Å². The molecule has 0 aromatic heterocycles. The summed E-state index contributed by atoms with van der Waals surface area (Å²) >= 11 is 0. The molecule has 0 fully saturated rings. The molecule has 0 aliphatic heterocycles. The van der Waals surface area contributed by atoms with Gasteiger partial charge in [0.05, 0.1) is 25.9 Å². The van der Waals surface area contributed by atoms with Crippen LogP contribution in [0.5, 0.6) is 11.5 Å². The van der Waals surface area contributed by atoms with Crippen molar-refractivity contribution in [2.75, 3.05) is 19.5 Å². The number of carbonyl (C=O) groups excluding carboxylic acids is 2. The van der Waals surface area contributed by atoms with Crippen LogP contribution in [-0.2, 0) is 20.7 Å². The number of esters is 1. The lowest BCUT2D eigenvalue weighted by Crippen LogP contribution is -2.30. The number of nitrogens with one attached hydrogen (secondary N) is 1. The standard InChI is InChI=1S/C21H22N2O5/c1-14(21(25)23-17-8-4-16(13-22)5-9-17)28-20(24)11-7-15-6-10-18(26-2)19(12-15)27-3/h4-6,8-10,12,14H,7,11H2,1-3H3,(H,23,25)/t14-/m0/s1. The molecule has 0 aliphatic rings. The molecule has 0 radical (unpaired) electrons. The number of hydrogen-bond donors (Lipinski definition) is 1. The molecular formula is C21H22N2O5. The maximum Gasteiger partial charge on any atom is 0.306 e. The number of nitriles is 1. The average molecular weight is 382 g/mol. The zero-order valence-electron chi connectivity index (χ0n) is 16.0. The van der Waals surface area contributed by atoms with Gasteiger partial charge in [-0.1, -0.05) is 6.07 Å². The number of methoxy groups -OCH3 is 2. The van der Waals surface area contributed by atoms with E-state index >= 15 is 0 Å². The molecule has 1 amide bonds. The highest BCUT2D eigenvalue weighted by molar-refractivity contribution is 5.95. The minimum atomic E-state index is -0.937. The summed E-state index contributed by atoms with van der Waals surface area (Å²) in [5, 5.41) is 11.4. The third kappa shape index (κ3) is 5.74. The summed E-state index contributed by atoms with van der Waals surface area (Å²) in [6, 6.07) is 13.8. The van der Waals surface area contributed by atoms with Crippen LogP contribution in [0.4, 0.5) is 5.69 Å². The Bertz CT molecular complexity index is 871. The Morgan fingerprint density at radius 3 is 2.36 bits per heavy atom. The van der Waals surface area contributed by atoms with E-state index in [0.29, 0.717) is 29.2 Å². The lowest BCUT2D eigenvalue weighted by atomic mass is 10.1. The summed E-state index contributed by atoms with van der Waals surface area (Å²) < 4.78 is 15.6. The van der Waals surface area contributed by atoms with Crippen molar-refractivity contribution in [1.82, 2.24) is 0 Å². The zero-order valence-corrected chi connectivity index (χ0v) is 16.0. The number of carbonyl (C=O) groups is 2. The Hall–Kier alpha value is -3.53. The molecule has 1 N–H and O–H groups in total. The quantitative estimate of drug-likeness (QED) is 0.705. The van der Waals surface area contributed by atoms with Crippen LogP contribution in [-0.4, -0.2) is 32.2 Å². The van der Waals surface area contributed by atoms with E-state index in [1.807, 2.05) is 12.1 Å². The molecule has 0 spiro atoms. The first-order valence-corrected chi connectivity index (χ1v) is 8.68. The topological polar surface area (TPSA) is 97.6 Å². The van der Waals surface area contributed by atoms with Gasteiger partial charge in [-0.05, 0) is 55.3 Å². The summed E-state index contributed by atoms with van der Waals surface area (Å²) in [5.74, 6) is 0.284.